The molecule has 2 nitrogen and oxygen atoms in total. The molecule has 1 unspecified atom stereocenters. The van der Waals surface area contributed by atoms with Crippen LogP contribution >= 0.6 is 0 Å². The van der Waals surface area contributed by atoms with E-state index >= 15 is 0 Å². The van der Waals surface area contributed by atoms with Crippen molar-refractivity contribution in [2.24, 2.45) is 0 Å². The van der Waals surface area contributed by atoms with Gasteiger partial charge in [-0.1, -0.05) is 18.2 Å². The Morgan fingerprint density at radius 3 is 2.40 bits per heavy atom. The first-order valence-electron chi connectivity index (χ1n) is 6.08. The van der Waals surface area contributed by atoms with Gasteiger partial charge in [0.05, 0.1) is 5.56 Å². The predicted molar refractivity (Wildman–Crippen MR) is 69.2 cm³/mol. The number of alkyl halides is 3. The van der Waals surface area contributed by atoms with Crippen molar-refractivity contribution in [1.82, 2.24) is 4.98 Å². The highest BCUT2D eigenvalue weighted by Gasteiger charge is 2.31. The van der Waals surface area contributed by atoms with E-state index in [0.717, 1.165) is 17.8 Å². The molecule has 106 valence electrons. The van der Waals surface area contributed by atoms with Crippen LogP contribution in [0, 0.1) is 13.8 Å². The largest absolute Gasteiger partial charge is 0.416 e. The van der Waals surface area contributed by atoms with Gasteiger partial charge in [-0.15, -0.1) is 0 Å². The van der Waals surface area contributed by atoms with Crippen LogP contribution < -0.4 is 0 Å². The van der Waals surface area contributed by atoms with Crippen molar-refractivity contribution in [2.75, 3.05) is 0 Å². The van der Waals surface area contributed by atoms with E-state index in [0.29, 0.717) is 11.3 Å². The van der Waals surface area contributed by atoms with Crippen molar-refractivity contribution in [3.8, 4) is 0 Å². The van der Waals surface area contributed by atoms with E-state index in [1.54, 1.807) is 19.1 Å². The van der Waals surface area contributed by atoms with E-state index < -0.39 is 17.8 Å². The predicted octanol–water partition coefficient (Wildman–Crippen LogP) is 3.80. The zero-order valence-corrected chi connectivity index (χ0v) is 11.1. The molecule has 2 rings (SSSR count). The number of halogens is 3. The lowest BCUT2D eigenvalue weighted by Gasteiger charge is -2.16. The molecule has 20 heavy (non-hydrogen) atoms. The van der Waals surface area contributed by atoms with Crippen molar-refractivity contribution >= 4 is 0 Å². The fourth-order valence-electron chi connectivity index (χ4n) is 2.05. The molecule has 0 spiro atoms. The van der Waals surface area contributed by atoms with E-state index in [2.05, 4.69) is 4.98 Å². The lowest BCUT2D eigenvalue weighted by Crippen LogP contribution is -2.08. The highest BCUT2D eigenvalue weighted by molar-refractivity contribution is 5.35. The molecule has 1 aromatic carbocycles. The summed E-state index contributed by atoms with van der Waals surface area (Å²) in [6, 6.07) is 8.11. The minimum Gasteiger partial charge on any atom is -0.384 e. The SMILES string of the molecule is Cc1ccc(C(O)c2cccc(C(F)(F)F)c2)c(C)n1. The first-order chi connectivity index (χ1) is 9.29. The molecule has 1 aromatic heterocycles. The molecule has 0 fully saturated rings. The Bertz CT molecular complexity index is 623. The number of rotatable bonds is 2. The van der Waals surface area contributed by atoms with Crippen molar-refractivity contribution < 1.29 is 18.3 Å². The number of aliphatic hydroxyl groups excluding tert-OH is 1. The highest BCUT2D eigenvalue weighted by atomic mass is 19.4. The fourth-order valence-corrected chi connectivity index (χ4v) is 2.05. The molecule has 0 radical (unpaired) electrons. The van der Waals surface area contributed by atoms with Gasteiger partial charge < -0.3 is 5.11 Å². The number of aliphatic hydroxyl groups is 1. The quantitative estimate of drug-likeness (QED) is 0.908. The first-order valence-corrected chi connectivity index (χ1v) is 6.08. The number of pyridine rings is 1. The Balaban J connectivity index is 2.41. The summed E-state index contributed by atoms with van der Waals surface area (Å²) in [6.45, 7) is 3.53. The summed E-state index contributed by atoms with van der Waals surface area (Å²) in [7, 11) is 0. The van der Waals surface area contributed by atoms with Crippen LogP contribution in [-0.2, 0) is 6.18 Å². The summed E-state index contributed by atoms with van der Waals surface area (Å²) in [4.78, 5) is 4.21. The Morgan fingerprint density at radius 2 is 1.80 bits per heavy atom. The maximum Gasteiger partial charge on any atom is 0.416 e. The van der Waals surface area contributed by atoms with Crippen molar-refractivity contribution in [3.05, 3.63) is 64.5 Å². The Kier molecular flexibility index (Phi) is 3.81. The van der Waals surface area contributed by atoms with Gasteiger partial charge in [-0.05, 0) is 37.6 Å². The van der Waals surface area contributed by atoms with E-state index in [4.69, 9.17) is 0 Å². The summed E-state index contributed by atoms with van der Waals surface area (Å²) in [6.07, 6.45) is -5.54. The second kappa shape index (κ2) is 5.25. The van der Waals surface area contributed by atoms with Gasteiger partial charge in [-0.2, -0.15) is 13.2 Å². The van der Waals surface area contributed by atoms with Gasteiger partial charge in [0.15, 0.2) is 0 Å². The third-order valence-corrected chi connectivity index (χ3v) is 3.09. The lowest BCUT2D eigenvalue weighted by molar-refractivity contribution is -0.137. The van der Waals surface area contributed by atoms with Crippen LogP contribution in [0.3, 0.4) is 0 Å². The van der Waals surface area contributed by atoms with Crippen LogP contribution in [0.25, 0.3) is 0 Å². The Morgan fingerprint density at radius 1 is 1.10 bits per heavy atom. The normalized spacial score (nSPS) is 13.3. The molecule has 0 saturated carbocycles. The van der Waals surface area contributed by atoms with Gasteiger partial charge in [-0.25, -0.2) is 0 Å². The molecule has 1 atom stereocenters. The third kappa shape index (κ3) is 2.99. The molecule has 0 bridgehead atoms. The summed E-state index contributed by atoms with van der Waals surface area (Å²) in [5.41, 5.74) is 1.34. The first kappa shape index (κ1) is 14.5. The number of hydrogen-bond donors (Lipinski definition) is 1. The van der Waals surface area contributed by atoms with Crippen LogP contribution in [0.4, 0.5) is 13.2 Å². The molecule has 1 heterocycles. The lowest BCUT2D eigenvalue weighted by atomic mass is 9.98. The van der Waals surface area contributed by atoms with E-state index in [9.17, 15) is 18.3 Å². The van der Waals surface area contributed by atoms with Crippen molar-refractivity contribution in [3.63, 3.8) is 0 Å². The van der Waals surface area contributed by atoms with Gasteiger partial charge in [-0.3, -0.25) is 4.98 Å². The fraction of sp³-hybridized carbons (Fsp3) is 0.267. The van der Waals surface area contributed by atoms with Crippen LogP contribution in [-0.4, -0.2) is 10.1 Å². The minimum atomic E-state index is -4.42. The van der Waals surface area contributed by atoms with Gasteiger partial charge in [0.1, 0.15) is 6.10 Å². The van der Waals surface area contributed by atoms with Crippen LogP contribution in [0.1, 0.15) is 34.2 Å². The topological polar surface area (TPSA) is 33.1 Å². The molecule has 2 aromatic rings. The summed E-state index contributed by atoms with van der Waals surface area (Å²) < 4.78 is 38.0. The van der Waals surface area contributed by atoms with E-state index in [1.165, 1.54) is 12.1 Å². The van der Waals surface area contributed by atoms with Crippen LogP contribution in [0.5, 0.6) is 0 Å². The third-order valence-electron chi connectivity index (χ3n) is 3.09. The van der Waals surface area contributed by atoms with Gasteiger partial charge >= 0.3 is 6.18 Å². The van der Waals surface area contributed by atoms with Gasteiger partial charge in [0.25, 0.3) is 0 Å². The molecule has 0 aliphatic rings. The number of benzene rings is 1. The highest BCUT2D eigenvalue weighted by Crippen LogP contribution is 2.32. The molecule has 0 aliphatic carbocycles. The number of aromatic nitrogens is 1. The smallest absolute Gasteiger partial charge is 0.384 e. The van der Waals surface area contributed by atoms with Crippen LogP contribution in [0.2, 0.25) is 0 Å². The van der Waals surface area contributed by atoms with Gasteiger partial charge in [0.2, 0.25) is 0 Å². The maximum atomic E-state index is 12.7. The average Bonchev–Trinajstić information content (AvgIpc) is 2.37. The van der Waals surface area contributed by atoms with E-state index in [1.807, 2.05) is 6.92 Å². The monoisotopic (exact) mass is 281 g/mol. The molecular formula is C15H14F3NO. The second-order valence-electron chi connectivity index (χ2n) is 4.65. The van der Waals surface area contributed by atoms with Crippen molar-refractivity contribution in [1.29, 1.82) is 0 Å². The molecule has 1 N–H and O–H groups in total. The number of hydrogen-bond acceptors (Lipinski definition) is 2. The maximum absolute atomic E-state index is 12.7. The summed E-state index contributed by atoms with van der Waals surface area (Å²) >= 11 is 0. The zero-order valence-electron chi connectivity index (χ0n) is 11.1. The summed E-state index contributed by atoms with van der Waals surface area (Å²) in [5.74, 6) is 0. The van der Waals surface area contributed by atoms with Crippen molar-refractivity contribution in [2.45, 2.75) is 26.1 Å². The number of aryl methyl sites for hydroxylation is 2. The standard InChI is InChI=1S/C15H14F3NO/c1-9-6-7-13(10(2)19-9)14(20)11-4-3-5-12(8-11)15(16,17)18/h3-8,14,20H,1-2H3. The number of nitrogens with zero attached hydrogens (tertiary/aromatic N) is 1. The average molecular weight is 281 g/mol. The molecule has 5 heteroatoms. The second-order valence-corrected chi connectivity index (χ2v) is 4.65. The van der Waals surface area contributed by atoms with Gasteiger partial charge in [0, 0.05) is 17.0 Å². The van der Waals surface area contributed by atoms with E-state index in [-0.39, 0.29) is 5.56 Å². The summed E-state index contributed by atoms with van der Waals surface area (Å²) in [5, 5.41) is 10.2. The molecular weight excluding hydrogens is 267 g/mol. The molecule has 0 aliphatic heterocycles. The minimum absolute atomic E-state index is 0.202. The Hall–Kier alpha value is -1.88. The van der Waals surface area contributed by atoms with Crippen LogP contribution in [0.15, 0.2) is 36.4 Å². The molecule has 0 amide bonds. The molecule has 0 saturated heterocycles. The zero-order chi connectivity index (χ0) is 14.9. The Labute approximate surface area is 114 Å².